The van der Waals surface area contributed by atoms with Gasteiger partial charge in [-0.15, -0.1) is 0 Å². The SMILES string of the molecule is CCN(c1ccc(F)cc1)c1cccnc1CN. The van der Waals surface area contributed by atoms with Crippen LogP contribution in [0.3, 0.4) is 0 Å². The van der Waals surface area contributed by atoms with Gasteiger partial charge in [0.1, 0.15) is 5.82 Å². The second kappa shape index (κ2) is 5.60. The van der Waals surface area contributed by atoms with E-state index in [2.05, 4.69) is 9.88 Å². The van der Waals surface area contributed by atoms with Crippen molar-refractivity contribution in [1.29, 1.82) is 0 Å². The van der Waals surface area contributed by atoms with Gasteiger partial charge in [0.25, 0.3) is 0 Å². The van der Waals surface area contributed by atoms with Crippen LogP contribution in [0.5, 0.6) is 0 Å². The Balaban J connectivity index is 2.41. The highest BCUT2D eigenvalue weighted by molar-refractivity contribution is 5.64. The monoisotopic (exact) mass is 245 g/mol. The number of anilines is 2. The molecule has 18 heavy (non-hydrogen) atoms. The Morgan fingerprint density at radius 1 is 1.22 bits per heavy atom. The number of aromatic nitrogens is 1. The van der Waals surface area contributed by atoms with Crippen molar-refractivity contribution >= 4 is 11.4 Å². The molecular formula is C14H16FN3. The first-order chi connectivity index (χ1) is 8.76. The van der Waals surface area contributed by atoms with Gasteiger partial charge in [0.2, 0.25) is 0 Å². The Morgan fingerprint density at radius 2 is 1.94 bits per heavy atom. The third-order valence-electron chi connectivity index (χ3n) is 2.80. The summed E-state index contributed by atoms with van der Waals surface area (Å²) >= 11 is 0. The Kier molecular flexibility index (Phi) is 3.89. The van der Waals surface area contributed by atoms with Crippen LogP contribution in [0.4, 0.5) is 15.8 Å². The zero-order valence-corrected chi connectivity index (χ0v) is 10.3. The minimum absolute atomic E-state index is 0.236. The molecule has 1 aromatic carbocycles. The maximum absolute atomic E-state index is 13.0. The van der Waals surface area contributed by atoms with Gasteiger partial charge in [-0.1, -0.05) is 0 Å². The number of nitrogens with two attached hydrogens (primary N) is 1. The lowest BCUT2D eigenvalue weighted by Gasteiger charge is -2.25. The number of pyridine rings is 1. The normalized spacial score (nSPS) is 10.4. The van der Waals surface area contributed by atoms with Crippen LogP contribution in [0.2, 0.25) is 0 Å². The maximum Gasteiger partial charge on any atom is 0.123 e. The second-order valence-corrected chi connectivity index (χ2v) is 3.89. The van der Waals surface area contributed by atoms with Gasteiger partial charge in [-0.3, -0.25) is 4.98 Å². The third kappa shape index (κ3) is 2.49. The topological polar surface area (TPSA) is 42.2 Å². The molecule has 3 nitrogen and oxygen atoms in total. The average molecular weight is 245 g/mol. The maximum atomic E-state index is 13.0. The van der Waals surface area contributed by atoms with Crippen LogP contribution < -0.4 is 10.6 Å². The lowest BCUT2D eigenvalue weighted by Crippen LogP contribution is -2.19. The molecule has 0 spiro atoms. The van der Waals surface area contributed by atoms with E-state index in [1.54, 1.807) is 18.3 Å². The van der Waals surface area contributed by atoms with Gasteiger partial charge in [0.05, 0.1) is 11.4 Å². The Labute approximate surface area is 106 Å². The number of hydrogen-bond acceptors (Lipinski definition) is 3. The molecule has 2 aromatic rings. The molecule has 4 heteroatoms. The Hall–Kier alpha value is -1.94. The van der Waals surface area contributed by atoms with Gasteiger partial charge in [-0.2, -0.15) is 0 Å². The van der Waals surface area contributed by atoms with E-state index in [4.69, 9.17) is 5.73 Å². The van der Waals surface area contributed by atoms with Crippen LogP contribution in [0, 0.1) is 5.82 Å². The van der Waals surface area contributed by atoms with Crippen LogP contribution in [0.25, 0.3) is 0 Å². The van der Waals surface area contributed by atoms with E-state index in [0.29, 0.717) is 6.54 Å². The summed E-state index contributed by atoms with van der Waals surface area (Å²) in [4.78, 5) is 6.33. The fraction of sp³-hybridized carbons (Fsp3) is 0.214. The van der Waals surface area contributed by atoms with E-state index in [0.717, 1.165) is 23.6 Å². The summed E-state index contributed by atoms with van der Waals surface area (Å²) in [6.07, 6.45) is 1.73. The molecule has 1 aromatic heterocycles. The Morgan fingerprint density at radius 3 is 2.56 bits per heavy atom. The minimum Gasteiger partial charge on any atom is -0.340 e. The van der Waals surface area contributed by atoms with Crippen molar-refractivity contribution in [3.05, 3.63) is 54.1 Å². The van der Waals surface area contributed by atoms with Crippen LogP contribution >= 0.6 is 0 Å². The molecule has 2 N–H and O–H groups in total. The van der Waals surface area contributed by atoms with E-state index < -0.39 is 0 Å². The van der Waals surface area contributed by atoms with Crippen molar-refractivity contribution in [2.45, 2.75) is 13.5 Å². The Bertz CT molecular complexity index is 511. The van der Waals surface area contributed by atoms with Crippen molar-refractivity contribution in [3.8, 4) is 0 Å². The molecule has 0 atom stereocenters. The molecule has 2 rings (SSSR count). The predicted octanol–water partition coefficient (Wildman–Crippen LogP) is 2.84. The van der Waals surface area contributed by atoms with Gasteiger partial charge < -0.3 is 10.6 Å². The van der Waals surface area contributed by atoms with E-state index >= 15 is 0 Å². The number of nitrogens with zero attached hydrogens (tertiary/aromatic N) is 2. The smallest absolute Gasteiger partial charge is 0.123 e. The summed E-state index contributed by atoms with van der Waals surface area (Å²) < 4.78 is 13.0. The predicted molar refractivity (Wildman–Crippen MR) is 71.2 cm³/mol. The van der Waals surface area contributed by atoms with Gasteiger partial charge in [-0.05, 0) is 43.3 Å². The standard InChI is InChI=1S/C14H16FN3/c1-2-18(12-7-5-11(15)6-8-12)14-4-3-9-17-13(14)10-16/h3-9H,2,10,16H2,1H3. The molecule has 0 saturated carbocycles. The molecule has 0 fully saturated rings. The summed E-state index contributed by atoms with van der Waals surface area (Å²) in [7, 11) is 0. The van der Waals surface area contributed by atoms with Gasteiger partial charge in [0, 0.05) is 25.0 Å². The summed E-state index contributed by atoms with van der Waals surface area (Å²) in [5, 5.41) is 0. The van der Waals surface area contributed by atoms with Crippen LogP contribution in [-0.4, -0.2) is 11.5 Å². The van der Waals surface area contributed by atoms with Gasteiger partial charge in [-0.25, -0.2) is 4.39 Å². The molecular weight excluding hydrogens is 229 g/mol. The first kappa shape index (κ1) is 12.5. The fourth-order valence-electron chi connectivity index (χ4n) is 1.95. The number of halogens is 1. The first-order valence-corrected chi connectivity index (χ1v) is 5.93. The molecule has 94 valence electrons. The summed E-state index contributed by atoms with van der Waals surface area (Å²) in [5.41, 5.74) is 8.43. The highest BCUT2D eigenvalue weighted by Gasteiger charge is 2.11. The molecule has 0 aliphatic heterocycles. The van der Waals surface area contributed by atoms with E-state index in [1.807, 2.05) is 19.1 Å². The highest BCUT2D eigenvalue weighted by Crippen LogP contribution is 2.27. The molecule has 0 radical (unpaired) electrons. The van der Waals surface area contributed by atoms with Crippen LogP contribution in [0.1, 0.15) is 12.6 Å². The molecule has 0 aliphatic rings. The quantitative estimate of drug-likeness (QED) is 0.900. The zero-order chi connectivity index (χ0) is 13.0. The summed E-state index contributed by atoms with van der Waals surface area (Å²) in [5.74, 6) is -0.236. The number of benzene rings is 1. The summed E-state index contributed by atoms with van der Waals surface area (Å²) in [6.45, 7) is 3.19. The highest BCUT2D eigenvalue weighted by atomic mass is 19.1. The third-order valence-corrected chi connectivity index (χ3v) is 2.80. The van der Waals surface area contributed by atoms with E-state index in [1.165, 1.54) is 12.1 Å². The molecule has 0 aliphatic carbocycles. The van der Waals surface area contributed by atoms with Crippen LogP contribution in [-0.2, 0) is 6.54 Å². The number of hydrogen-bond donors (Lipinski definition) is 1. The van der Waals surface area contributed by atoms with Crippen molar-refractivity contribution < 1.29 is 4.39 Å². The molecule has 0 saturated heterocycles. The van der Waals surface area contributed by atoms with E-state index in [-0.39, 0.29) is 5.82 Å². The second-order valence-electron chi connectivity index (χ2n) is 3.89. The summed E-state index contributed by atoms with van der Waals surface area (Å²) in [6, 6.07) is 10.3. The average Bonchev–Trinajstić information content (AvgIpc) is 2.42. The lowest BCUT2D eigenvalue weighted by atomic mass is 10.2. The lowest BCUT2D eigenvalue weighted by molar-refractivity contribution is 0.628. The molecule has 1 heterocycles. The number of rotatable bonds is 4. The molecule has 0 amide bonds. The fourth-order valence-corrected chi connectivity index (χ4v) is 1.95. The molecule has 0 bridgehead atoms. The van der Waals surface area contributed by atoms with Crippen LogP contribution in [0.15, 0.2) is 42.6 Å². The van der Waals surface area contributed by atoms with Crippen molar-refractivity contribution in [3.63, 3.8) is 0 Å². The minimum atomic E-state index is -0.236. The van der Waals surface area contributed by atoms with Gasteiger partial charge >= 0.3 is 0 Å². The molecule has 0 unspecified atom stereocenters. The first-order valence-electron chi connectivity index (χ1n) is 5.93. The van der Waals surface area contributed by atoms with E-state index in [9.17, 15) is 4.39 Å². The van der Waals surface area contributed by atoms with Crippen molar-refractivity contribution in [2.24, 2.45) is 5.73 Å². The zero-order valence-electron chi connectivity index (χ0n) is 10.3. The van der Waals surface area contributed by atoms with Crippen molar-refractivity contribution in [2.75, 3.05) is 11.4 Å². The largest absolute Gasteiger partial charge is 0.340 e. The van der Waals surface area contributed by atoms with Gasteiger partial charge in [0.15, 0.2) is 0 Å². The van der Waals surface area contributed by atoms with Crippen molar-refractivity contribution in [1.82, 2.24) is 4.98 Å².